The Morgan fingerprint density at radius 1 is 1.29 bits per heavy atom. The first-order valence-corrected chi connectivity index (χ1v) is 8.36. The van der Waals surface area contributed by atoms with Crippen LogP contribution in [0.15, 0.2) is 18.2 Å². The van der Waals surface area contributed by atoms with Crippen LogP contribution in [-0.4, -0.2) is 31.8 Å². The smallest absolute Gasteiger partial charge is 0.387 e. The number of rotatable bonds is 10. The molecule has 0 saturated carbocycles. The molecule has 0 fully saturated rings. The van der Waals surface area contributed by atoms with Crippen LogP contribution in [0, 0.1) is 5.92 Å². The second-order valence-corrected chi connectivity index (χ2v) is 5.69. The minimum Gasteiger partial charge on any atom is -0.490 e. The Morgan fingerprint density at radius 2 is 2.05 bits per heavy atom. The van der Waals surface area contributed by atoms with E-state index in [1.807, 2.05) is 11.8 Å². The molecule has 1 rings (SSSR count). The van der Waals surface area contributed by atoms with Crippen LogP contribution >= 0.6 is 11.8 Å². The third-order valence-electron chi connectivity index (χ3n) is 2.80. The van der Waals surface area contributed by atoms with Gasteiger partial charge in [-0.25, -0.2) is 0 Å². The fraction of sp³-hybridized carbons (Fsp3) is 0.600. The van der Waals surface area contributed by atoms with E-state index < -0.39 is 6.61 Å². The highest BCUT2D eigenvalue weighted by Gasteiger charge is 2.11. The molecule has 0 amide bonds. The molecule has 3 nitrogen and oxygen atoms in total. The van der Waals surface area contributed by atoms with Crippen molar-refractivity contribution in [1.29, 1.82) is 0 Å². The molecular formula is C15H23F2NO2S. The molecule has 1 atom stereocenters. The Balaban J connectivity index is 2.60. The van der Waals surface area contributed by atoms with Crippen LogP contribution in [0.3, 0.4) is 0 Å². The van der Waals surface area contributed by atoms with Crippen molar-refractivity contribution in [3.05, 3.63) is 23.8 Å². The quantitative estimate of drug-likeness (QED) is 0.711. The minimum absolute atomic E-state index is 0.0753. The molecule has 1 aromatic rings. The van der Waals surface area contributed by atoms with Crippen LogP contribution in [0.1, 0.15) is 19.4 Å². The zero-order valence-electron chi connectivity index (χ0n) is 12.7. The molecule has 1 aromatic carbocycles. The van der Waals surface area contributed by atoms with Gasteiger partial charge in [0.1, 0.15) is 0 Å². The molecule has 0 saturated heterocycles. The molecule has 0 aromatic heterocycles. The summed E-state index contributed by atoms with van der Waals surface area (Å²) in [5.41, 5.74) is 0.983. The van der Waals surface area contributed by atoms with Crippen LogP contribution in [0.25, 0.3) is 0 Å². The lowest BCUT2D eigenvalue weighted by molar-refractivity contribution is -0.0514. The highest BCUT2D eigenvalue weighted by molar-refractivity contribution is 7.98. The van der Waals surface area contributed by atoms with Gasteiger partial charge >= 0.3 is 6.61 Å². The molecule has 0 spiro atoms. The number of ether oxygens (including phenoxy) is 2. The van der Waals surface area contributed by atoms with Gasteiger partial charge in [-0.1, -0.05) is 13.0 Å². The molecule has 0 radical (unpaired) electrons. The summed E-state index contributed by atoms with van der Waals surface area (Å²) in [6.45, 7) is 3.14. The number of thioether (sulfide) groups is 1. The van der Waals surface area contributed by atoms with Crippen molar-refractivity contribution < 1.29 is 18.3 Å². The number of alkyl halides is 2. The van der Waals surface area contributed by atoms with Gasteiger partial charge < -0.3 is 14.8 Å². The van der Waals surface area contributed by atoms with Crippen molar-refractivity contribution in [2.24, 2.45) is 5.92 Å². The first kappa shape index (κ1) is 18.0. The maximum absolute atomic E-state index is 12.3. The molecule has 1 N–H and O–H groups in total. The van der Waals surface area contributed by atoms with Crippen molar-refractivity contribution >= 4 is 11.8 Å². The average Bonchev–Trinajstić information content (AvgIpc) is 2.41. The summed E-state index contributed by atoms with van der Waals surface area (Å²) in [7, 11) is 0. The fourth-order valence-electron chi connectivity index (χ4n) is 1.93. The lowest BCUT2D eigenvalue weighted by Gasteiger charge is -2.14. The summed E-state index contributed by atoms with van der Waals surface area (Å²) in [5, 5.41) is 3.36. The minimum atomic E-state index is -2.85. The normalized spacial score (nSPS) is 12.5. The second kappa shape index (κ2) is 9.84. The summed E-state index contributed by atoms with van der Waals surface area (Å²) in [4.78, 5) is 0. The van der Waals surface area contributed by atoms with Gasteiger partial charge in [0.2, 0.25) is 0 Å². The molecule has 1 unspecified atom stereocenters. The third kappa shape index (κ3) is 7.00. The van der Waals surface area contributed by atoms with E-state index in [-0.39, 0.29) is 5.75 Å². The van der Waals surface area contributed by atoms with Gasteiger partial charge in [0.15, 0.2) is 11.5 Å². The van der Waals surface area contributed by atoms with Crippen molar-refractivity contribution in [2.75, 3.05) is 25.2 Å². The van der Waals surface area contributed by atoms with Crippen LogP contribution in [-0.2, 0) is 6.54 Å². The average molecular weight is 319 g/mol. The topological polar surface area (TPSA) is 30.5 Å². The summed E-state index contributed by atoms with van der Waals surface area (Å²) in [5.74, 6) is 2.13. The van der Waals surface area contributed by atoms with Crippen molar-refractivity contribution in [2.45, 2.75) is 27.0 Å². The summed E-state index contributed by atoms with van der Waals surface area (Å²) >= 11 is 1.83. The lowest BCUT2D eigenvalue weighted by atomic mass is 10.1. The van der Waals surface area contributed by atoms with Crippen LogP contribution in [0.2, 0.25) is 0 Å². The number of nitrogens with one attached hydrogen (secondary N) is 1. The predicted molar refractivity (Wildman–Crippen MR) is 83.5 cm³/mol. The molecule has 0 bridgehead atoms. The Bertz CT molecular complexity index is 419. The van der Waals surface area contributed by atoms with Gasteiger partial charge in [0.25, 0.3) is 0 Å². The molecule has 120 valence electrons. The zero-order valence-corrected chi connectivity index (χ0v) is 13.5. The SMILES string of the molecule is CCOc1cc(CNCC(C)CSC)ccc1OC(F)F. The molecular weight excluding hydrogens is 296 g/mol. The lowest BCUT2D eigenvalue weighted by Crippen LogP contribution is -2.22. The van der Waals surface area contributed by atoms with Gasteiger partial charge in [-0.2, -0.15) is 20.5 Å². The first-order chi connectivity index (χ1) is 10.1. The van der Waals surface area contributed by atoms with Crippen LogP contribution in [0.4, 0.5) is 8.78 Å². The van der Waals surface area contributed by atoms with E-state index in [1.54, 1.807) is 19.1 Å². The van der Waals surface area contributed by atoms with E-state index in [2.05, 4.69) is 23.2 Å². The van der Waals surface area contributed by atoms with Crippen LogP contribution < -0.4 is 14.8 Å². The Morgan fingerprint density at radius 3 is 2.67 bits per heavy atom. The summed E-state index contributed by atoms with van der Waals surface area (Å²) < 4.78 is 34.4. The second-order valence-electron chi connectivity index (χ2n) is 4.78. The van der Waals surface area contributed by atoms with Crippen molar-refractivity contribution in [3.63, 3.8) is 0 Å². The molecule has 0 aliphatic heterocycles. The molecule has 0 heterocycles. The maximum atomic E-state index is 12.3. The van der Waals surface area contributed by atoms with Gasteiger partial charge in [-0.3, -0.25) is 0 Å². The van der Waals surface area contributed by atoms with Crippen molar-refractivity contribution in [1.82, 2.24) is 5.32 Å². The number of halogens is 2. The highest BCUT2D eigenvalue weighted by atomic mass is 32.2. The van der Waals surface area contributed by atoms with E-state index in [1.165, 1.54) is 6.07 Å². The summed E-state index contributed by atoms with van der Waals surface area (Å²) in [6.07, 6.45) is 2.09. The molecule has 6 heteroatoms. The van der Waals surface area contributed by atoms with Gasteiger partial charge in [-0.05, 0) is 49.1 Å². The number of benzene rings is 1. The van der Waals surface area contributed by atoms with E-state index in [9.17, 15) is 8.78 Å². The predicted octanol–water partition coefficient (Wildman–Crippen LogP) is 3.78. The van der Waals surface area contributed by atoms with E-state index in [4.69, 9.17) is 4.74 Å². The Labute approximate surface area is 129 Å². The Kier molecular flexibility index (Phi) is 8.45. The fourth-order valence-corrected chi connectivity index (χ4v) is 2.62. The maximum Gasteiger partial charge on any atom is 0.387 e. The highest BCUT2D eigenvalue weighted by Crippen LogP contribution is 2.29. The van der Waals surface area contributed by atoms with Crippen molar-refractivity contribution in [3.8, 4) is 11.5 Å². The largest absolute Gasteiger partial charge is 0.490 e. The number of hydrogen-bond acceptors (Lipinski definition) is 4. The molecule has 0 aliphatic carbocycles. The monoisotopic (exact) mass is 319 g/mol. The van der Waals surface area contributed by atoms with E-state index in [0.29, 0.717) is 24.8 Å². The zero-order chi connectivity index (χ0) is 15.7. The van der Waals surface area contributed by atoms with Crippen LogP contribution in [0.5, 0.6) is 11.5 Å². The third-order valence-corrected chi connectivity index (χ3v) is 3.70. The van der Waals surface area contributed by atoms with Gasteiger partial charge in [0, 0.05) is 6.54 Å². The summed E-state index contributed by atoms with van der Waals surface area (Å²) in [6, 6.07) is 5.04. The standard InChI is InChI=1S/C15H23F2NO2S/c1-4-19-14-7-12(5-6-13(14)20-15(16)17)9-18-8-11(2)10-21-3/h5-7,11,15,18H,4,8-10H2,1-3H3. The van der Waals surface area contributed by atoms with E-state index in [0.717, 1.165) is 17.9 Å². The van der Waals surface area contributed by atoms with Gasteiger partial charge in [0.05, 0.1) is 6.61 Å². The van der Waals surface area contributed by atoms with E-state index >= 15 is 0 Å². The van der Waals surface area contributed by atoms with Gasteiger partial charge in [-0.15, -0.1) is 0 Å². The number of hydrogen-bond donors (Lipinski definition) is 1. The first-order valence-electron chi connectivity index (χ1n) is 6.97. The molecule has 0 aliphatic rings. The Hall–Kier alpha value is -1.01. The molecule has 21 heavy (non-hydrogen) atoms.